The Morgan fingerprint density at radius 3 is 2.14 bits per heavy atom. The van der Waals surface area contributed by atoms with Crippen LogP contribution in [0.15, 0.2) is 30.3 Å². The van der Waals surface area contributed by atoms with Gasteiger partial charge in [-0.3, -0.25) is 14.4 Å². The molecule has 1 rings (SSSR count). The lowest BCUT2D eigenvalue weighted by molar-refractivity contribution is -0.182. The van der Waals surface area contributed by atoms with Gasteiger partial charge in [-0.25, -0.2) is 0 Å². The molecule has 0 saturated carbocycles. The quantitative estimate of drug-likeness (QED) is 0.460. The van der Waals surface area contributed by atoms with Gasteiger partial charge in [-0.1, -0.05) is 37.3 Å². The SMILES string of the molecule is CCOC(=O)C(C(=O)C(F)(F)F)C(C)C(=O)c1ccccc1. The molecule has 0 spiro atoms. The molecule has 0 saturated heterocycles. The molecular formula is C15H15F3O4. The molecule has 0 bridgehead atoms. The highest BCUT2D eigenvalue weighted by atomic mass is 19.4. The van der Waals surface area contributed by atoms with Gasteiger partial charge in [0.15, 0.2) is 5.78 Å². The lowest BCUT2D eigenvalue weighted by Gasteiger charge is -2.21. The molecule has 120 valence electrons. The first-order chi connectivity index (χ1) is 10.2. The predicted molar refractivity (Wildman–Crippen MR) is 71.1 cm³/mol. The summed E-state index contributed by atoms with van der Waals surface area (Å²) in [5, 5.41) is 0. The second-order valence-electron chi connectivity index (χ2n) is 4.61. The molecular weight excluding hydrogens is 301 g/mol. The molecule has 0 aliphatic carbocycles. The number of hydrogen-bond donors (Lipinski definition) is 0. The van der Waals surface area contributed by atoms with Crippen molar-refractivity contribution in [2.75, 3.05) is 6.61 Å². The van der Waals surface area contributed by atoms with E-state index in [2.05, 4.69) is 4.74 Å². The lowest BCUT2D eigenvalue weighted by atomic mass is 9.84. The number of carbonyl (C=O) groups excluding carboxylic acids is 3. The van der Waals surface area contributed by atoms with Gasteiger partial charge in [-0.2, -0.15) is 13.2 Å². The van der Waals surface area contributed by atoms with Crippen molar-refractivity contribution in [3.8, 4) is 0 Å². The van der Waals surface area contributed by atoms with E-state index in [-0.39, 0.29) is 12.2 Å². The Bertz CT molecular complexity index is 552. The first kappa shape index (κ1) is 17.9. The van der Waals surface area contributed by atoms with Crippen molar-refractivity contribution in [3.05, 3.63) is 35.9 Å². The summed E-state index contributed by atoms with van der Waals surface area (Å²) >= 11 is 0. The van der Waals surface area contributed by atoms with Crippen LogP contribution in [0.25, 0.3) is 0 Å². The summed E-state index contributed by atoms with van der Waals surface area (Å²) in [6, 6.07) is 7.50. The van der Waals surface area contributed by atoms with Crippen LogP contribution < -0.4 is 0 Å². The second-order valence-corrected chi connectivity index (χ2v) is 4.61. The van der Waals surface area contributed by atoms with Crippen molar-refractivity contribution >= 4 is 17.5 Å². The monoisotopic (exact) mass is 316 g/mol. The average molecular weight is 316 g/mol. The molecule has 0 amide bonds. The van der Waals surface area contributed by atoms with Crippen molar-refractivity contribution in [1.29, 1.82) is 0 Å². The molecule has 1 aromatic carbocycles. The number of carbonyl (C=O) groups is 3. The van der Waals surface area contributed by atoms with Crippen LogP contribution in [0.2, 0.25) is 0 Å². The van der Waals surface area contributed by atoms with E-state index in [9.17, 15) is 27.6 Å². The van der Waals surface area contributed by atoms with Gasteiger partial charge in [0.25, 0.3) is 5.78 Å². The maximum Gasteiger partial charge on any atom is 0.450 e. The first-order valence-electron chi connectivity index (χ1n) is 6.57. The number of benzene rings is 1. The van der Waals surface area contributed by atoms with Gasteiger partial charge in [0.1, 0.15) is 5.92 Å². The summed E-state index contributed by atoms with van der Waals surface area (Å²) in [5.74, 6) is -8.02. The zero-order chi connectivity index (χ0) is 16.9. The first-order valence-corrected chi connectivity index (χ1v) is 6.57. The Hall–Kier alpha value is -2.18. The van der Waals surface area contributed by atoms with E-state index in [1.165, 1.54) is 31.2 Å². The Labute approximate surface area is 125 Å². The summed E-state index contributed by atoms with van der Waals surface area (Å²) < 4.78 is 42.5. The minimum Gasteiger partial charge on any atom is -0.465 e. The summed E-state index contributed by atoms with van der Waals surface area (Å²) in [7, 11) is 0. The minimum absolute atomic E-state index is 0.124. The zero-order valence-corrected chi connectivity index (χ0v) is 12.0. The van der Waals surface area contributed by atoms with Gasteiger partial charge in [0, 0.05) is 11.5 Å². The van der Waals surface area contributed by atoms with Crippen LogP contribution in [-0.4, -0.2) is 30.3 Å². The van der Waals surface area contributed by atoms with Crippen LogP contribution in [0, 0.1) is 11.8 Å². The van der Waals surface area contributed by atoms with E-state index in [1.54, 1.807) is 6.07 Å². The Balaban J connectivity index is 3.13. The third-order valence-electron chi connectivity index (χ3n) is 3.07. The number of halogens is 3. The molecule has 2 atom stereocenters. The predicted octanol–water partition coefficient (Wildman–Crippen LogP) is 2.82. The van der Waals surface area contributed by atoms with Gasteiger partial charge >= 0.3 is 12.1 Å². The molecule has 22 heavy (non-hydrogen) atoms. The fraction of sp³-hybridized carbons (Fsp3) is 0.400. The molecule has 0 heterocycles. The number of ether oxygens (including phenoxy) is 1. The molecule has 2 unspecified atom stereocenters. The third kappa shape index (κ3) is 4.16. The van der Waals surface area contributed by atoms with Crippen molar-refractivity contribution in [2.24, 2.45) is 11.8 Å². The van der Waals surface area contributed by atoms with Gasteiger partial charge in [0.2, 0.25) is 0 Å². The lowest BCUT2D eigenvalue weighted by Crippen LogP contribution is -2.42. The Morgan fingerprint density at radius 1 is 1.14 bits per heavy atom. The Morgan fingerprint density at radius 2 is 1.68 bits per heavy atom. The largest absolute Gasteiger partial charge is 0.465 e. The number of Topliss-reactive ketones (excluding diaryl/α,β-unsaturated/α-hetero) is 2. The summed E-state index contributed by atoms with van der Waals surface area (Å²) in [6.07, 6.45) is -5.22. The fourth-order valence-electron chi connectivity index (χ4n) is 1.96. The van der Waals surface area contributed by atoms with Crippen LogP contribution in [0.1, 0.15) is 24.2 Å². The molecule has 0 fully saturated rings. The number of ketones is 2. The van der Waals surface area contributed by atoms with Crippen LogP contribution in [0.5, 0.6) is 0 Å². The average Bonchev–Trinajstić information content (AvgIpc) is 2.46. The fourth-order valence-corrected chi connectivity index (χ4v) is 1.96. The van der Waals surface area contributed by atoms with E-state index in [1.807, 2.05) is 0 Å². The highest BCUT2D eigenvalue weighted by molar-refractivity contribution is 6.09. The smallest absolute Gasteiger partial charge is 0.450 e. The molecule has 0 radical (unpaired) electrons. The van der Waals surface area contributed by atoms with Gasteiger partial charge in [-0.15, -0.1) is 0 Å². The van der Waals surface area contributed by atoms with Crippen molar-refractivity contribution in [1.82, 2.24) is 0 Å². The Kier molecular flexibility index (Phi) is 5.84. The molecule has 1 aromatic rings. The van der Waals surface area contributed by atoms with Crippen LogP contribution in [0.4, 0.5) is 13.2 Å². The third-order valence-corrected chi connectivity index (χ3v) is 3.07. The van der Waals surface area contributed by atoms with Crippen molar-refractivity contribution < 1.29 is 32.3 Å². The zero-order valence-electron chi connectivity index (χ0n) is 12.0. The van der Waals surface area contributed by atoms with Gasteiger partial charge < -0.3 is 4.74 Å². The van der Waals surface area contributed by atoms with Gasteiger partial charge in [-0.05, 0) is 6.92 Å². The van der Waals surface area contributed by atoms with Crippen LogP contribution in [0.3, 0.4) is 0 Å². The maximum atomic E-state index is 12.7. The molecule has 0 N–H and O–H groups in total. The van der Waals surface area contributed by atoms with Crippen molar-refractivity contribution in [3.63, 3.8) is 0 Å². The number of hydrogen-bond acceptors (Lipinski definition) is 4. The minimum atomic E-state index is -5.22. The number of alkyl halides is 3. The number of esters is 1. The van der Waals surface area contributed by atoms with E-state index in [0.29, 0.717) is 0 Å². The molecule has 7 heteroatoms. The van der Waals surface area contributed by atoms with E-state index in [0.717, 1.165) is 6.92 Å². The van der Waals surface area contributed by atoms with Gasteiger partial charge in [0.05, 0.1) is 6.61 Å². The molecule has 0 aliphatic heterocycles. The number of rotatable bonds is 6. The standard InChI is InChI=1S/C15H15F3O4/c1-3-22-14(21)11(13(20)15(16,17)18)9(2)12(19)10-7-5-4-6-8-10/h4-9,11H,3H2,1-2H3. The molecule has 4 nitrogen and oxygen atoms in total. The second kappa shape index (κ2) is 7.20. The van der Waals surface area contributed by atoms with Crippen LogP contribution >= 0.6 is 0 Å². The highest BCUT2D eigenvalue weighted by Gasteiger charge is 2.50. The molecule has 0 aliphatic rings. The van der Waals surface area contributed by atoms with E-state index in [4.69, 9.17) is 0 Å². The highest BCUT2D eigenvalue weighted by Crippen LogP contribution is 2.28. The molecule has 0 aromatic heterocycles. The normalized spacial score (nSPS) is 14.0. The summed E-state index contributed by atoms with van der Waals surface area (Å²) in [4.78, 5) is 35.4. The van der Waals surface area contributed by atoms with E-state index < -0.39 is 35.5 Å². The van der Waals surface area contributed by atoms with E-state index >= 15 is 0 Å². The van der Waals surface area contributed by atoms with Crippen molar-refractivity contribution in [2.45, 2.75) is 20.0 Å². The maximum absolute atomic E-state index is 12.7. The topological polar surface area (TPSA) is 60.4 Å². The van der Waals surface area contributed by atoms with Crippen LogP contribution in [-0.2, 0) is 14.3 Å². The summed E-state index contributed by atoms with van der Waals surface area (Å²) in [6.45, 7) is 2.32. The summed E-state index contributed by atoms with van der Waals surface area (Å²) in [5.41, 5.74) is 0.124.